The second-order valence-corrected chi connectivity index (χ2v) is 0. The summed E-state index contributed by atoms with van der Waals surface area (Å²) in [5, 5.41) is 0. The van der Waals surface area contributed by atoms with E-state index in [-0.39, 0.29) is 182 Å². The fraction of sp³-hybridized carbons (Fsp3) is 0. The Morgan fingerprint density at radius 2 is 0.250 bits per heavy atom. The smallest absolute Gasteiger partial charge is 0 e. The van der Waals surface area contributed by atoms with Crippen LogP contribution in [0.2, 0.25) is 0 Å². The zero-order chi connectivity index (χ0) is 0. The van der Waals surface area contributed by atoms with Crippen LogP contribution in [-0.2, 0) is 109 Å². The monoisotopic (exact) mass is 602 g/mol. The minimum Gasteiger partial charge on any atom is 0 e. The Labute approximate surface area is 177 Å². The van der Waals surface area contributed by atoms with Crippen molar-refractivity contribution in [2.45, 2.75) is 0 Å². The second kappa shape index (κ2) is 51.9. The van der Waals surface area contributed by atoms with Gasteiger partial charge in [0.1, 0.15) is 0 Å². The van der Waals surface area contributed by atoms with Crippen molar-refractivity contribution in [3.8, 4) is 0 Å². The van der Waals surface area contributed by atoms with Crippen LogP contribution in [0.1, 0.15) is 0 Å². The van der Waals surface area contributed by atoms with Crippen LogP contribution in [0.25, 0.3) is 0 Å². The summed E-state index contributed by atoms with van der Waals surface area (Å²) in [7, 11) is 0. The summed E-state index contributed by atoms with van der Waals surface area (Å²) in [6.07, 6.45) is 0. The number of hydrogen-bond acceptors (Lipinski definition) is 0. The third-order valence-electron chi connectivity index (χ3n) is 0. The largest absolute Gasteiger partial charge is 0 e. The first-order valence-electron chi connectivity index (χ1n) is 0. The molecule has 0 aliphatic carbocycles. The van der Waals surface area contributed by atoms with Gasteiger partial charge in [0.25, 0.3) is 0 Å². The van der Waals surface area contributed by atoms with Gasteiger partial charge in [0.15, 0.2) is 0 Å². The van der Waals surface area contributed by atoms with Crippen molar-refractivity contribution in [2.24, 2.45) is 0 Å². The van der Waals surface area contributed by atoms with Crippen LogP contribution >= 0.6 is 0 Å². The number of hydrogen-bond donors (Lipinski definition) is 0. The maximum Gasteiger partial charge on any atom is 0 e. The fourth-order valence-corrected chi connectivity index (χ4v) is 0. The van der Waals surface area contributed by atoms with Crippen molar-refractivity contribution in [1.82, 2.24) is 0 Å². The molecule has 8 heavy (non-hydrogen) atoms. The SMILES string of the molecule is [Sb].[Sb].[Sb].[Ti].[Ti].[Ti].[Ti].[Ti]. The fourth-order valence-electron chi connectivity index (χ4n) is 0. The van der Waals surface area contributed by atoms with Gasteiger partial charge >= 0.3 is 0 Å². The molecular weight excluding hydrogens is 605 g/mol. The molecular formula is Sb3Ti5. The summed E-state index contributed by atoms with van der Waals surface area (Å²) >= 11 is 0. The molecule has 0 fully saturated rings. The van der Waals surface area contributed by atoms with Crippen LogP contribution in [0.15, 0.2) is 0 Å². The first-order chi connectivity index (χ1) is 0. The zero-order valence-electron chi connectivity index (χ0n) is 3.84. The van der Waals surface area contributed by atoms with E-state index in [2.05, 4.69) is 0 Å². The van der Waals surface area contributed by atoms with Crippen molar-refractivity contribution >= 4 is 73.3 Å². The van der Waals surface area contributed by atoms with Gasteiger partial charge in [0.2, 0.25) is 0 Å². The predicted octanol–water partition coefficient (Wildman–Crippen LogP) is -1.15. The van der Waals surface area contributed by atoms with E-state index in [9.17, 15) is 0 Å². The molecule has 0 N–H and O–H groups in total. The molecule has 0 aliphatic heterocycles. The summed E-state index contributed by atoms with van der Waals surface area (Å²) in [6, 6.07) is 0. The summed E-state index contributed by atoms with van der Waals surface area (Å²) in [6.45, 7) is 0. The minimum absolute atomic E-state index is 0. The van der Waals surface area contributed by atoms with Gasteiger partial charge in [-0.1, -0.05) is 0 Å². The van der Waals surface area contributed by atoms with Crippen LogP contribution in [0, 0.1) is 0 Å². The van der Waals surface area contributed by atoms with Crippen molar-refractivity contribution < 1.29 is 109 Å². The average molecular weight is 605 g/mol. The molecule has 0 aromatic carbocycles. The van der Waals surface area contributed by atoms with Gasteiger partial charge in [-0.2, -0.15) is 0 Å². The Morgan fingerprint density at radius 3 is 0.250 bits per heavy atom. The van der Waals surface area contributed by atoms with Crippen LogP contribution in [-0.4, -0.2) is 73.3 Å². The third-order valence-corrected chi connectivity index (χ3v) is 0. The Balaban J connectivity index is 0. The van der Waals surface area contributed by atoms with E-state index >= 15 is 0 Å². The molecule has 0 saturated heterocycles. The van der Waals surface area contributed by atoms with E-state index in [0.717, 1.165) is 0 Å². The first kappa shape index (κ1) is 65.5. The predicted molar refractivity (Wildman–Crippen MR) is 17.3 cm³/mol. The summed E-state index contributed by atoms with van der Waals surface area (Å²) in [5.41, 5.74) is 0. The van der Waals surface area contributed by atoms with Crippen LogP contribution in [0.3, 0.4) is 0 Å². The second-order valence-electron chi connectivity index (χ2n) is 0. The molecule has 0 heterocycles. The standard InChI is InChI=1S/3Sb.5Ti. The molecule has 8 heteroatoms. The normalized spacial score (nSPS) is 0. The van der Waals surface area contributed by atoms with Crippen LogP contribution in [0.5, 0.6) is 0 Å². The number of rotatable bonds is 0. The van der Waals surface area contributed by atoms with Gasteiger partial charge in [-0.25, -0.2) is 0 Å². The molecule has 0 nitrogen and oxygen atoms in total. The maximum atomic E-state index is 0. The van der Waals surface area contributed by atoms with Gasteiger partial charge < -0.3 is 0 Å². The molecule has 0 bridgehead atoms. The molecule has 0 atom stereocenters. The molecule has 0 unspecified atom stereocenters. The third kappa shape index (κ3) is 40.3. The molecule has 9 radical (unpaired) electrons. The Bertz CT molecular complexity index is 7.64. The van der Waals surface area contributed by atoms with E-state index in [1.807, 2.05) is 0 Å². The average Bonchev–Trinajstić information content (AvgIpc) is 0. The summed E-state index contributed by atoms with van der Waals surface area (Å²) in [5.74, 6) is 0. The Hall–Kier alpha value is 6.03. The summed E-state index contributed by atoms with van der Waals surface area (Å²) < 4.78 is 0. The van der Waals surface area contributed by atoms with E-state index < -0.39 is 0 Å². The van der Waals surface area contributed by atoms with E-state index in [0.29, 0.717) is 0 Å². The molecule has 0 aromatic heterocycles. The molecule has 0 aliphatic rings. The molecule has 35 valence electrons. The van der Waals surface area contributed by atoms with Gasteiger partial charge in [-0.05, 0) is 0 Å². The van der Waals surface area contributed by atoms with E-state index in [4.69, 9.17) is 0 Å². The van der Waals surface area contributed by atoms with Gasteiger partial charge in [0, 0.05) is 182 Å². The topological polar surface area (TPSA) is 0 Å². The molecule has 0 rings (SSSR count). The first-order valence-corrected chi connectivity index (χ1v) is 0. The molecule has 0 aromatic rings. The van der Waals surface area contributed by atoms with Crippen LogP contribution < -0.4 is 0 Å². The van der Waals surface area contributed by atoms with Crippen molar-refractivity contribution in [3.63, 3.8) is 0 Å². The quantitative estimate of drug-likeness (QED) is 0.307. The van der Waals surface area contributed by atoms with Crippen molar-refractivity contribution in [2.75, 3.05) is 0 Å². The molecule has 0 amide bonds. The van der Waals surface area contributed by atoms with Gasteiger partial charge in [0.05, 0.1) is 0 Å². The van der Waals surface area contributed by atoms with Gasteiger partial charge in [-0.15, -0.1) is 0 Å². The van der Waals surface area contributed by atoms with E-state index in [1.54, 1.807) is 0 Å². The van der Waals surface area contributed by atoms with E-state index in [1.165, 1.54) is 0 Å². The zero-order valence-corrected chi connectivity index (χ0v) is 19.3. The molecule has 0 spiro atoms. The Kier molecular flexibility index (Phi) is 425. The maximum absolute atomic E-state index is 0. The Morgan fingerprint density at radius 1 is 0.250 bits per heavy atom. The van der Waals surface area contributed by atoms with Gasteiger partial charge in [-0.3, -0.25) is 0 Å². The van der Waals surface area contributed by atoms with Crippen molar-refractivity contribution in [1.29, 1.82) is 0 Å². The van der Waals surface area contributed by atoms with Crippen molar-refractivity contribution in [3.05, 3.63) is 0 Å². The minimum atomic E-state index is 0. The summed E-state index contributed by atoms with van der Waals surface area (Å²) in [4.78, 5) is 0. The van der Waals surface area contributed by atoms with Crippen LogP contribution in [0.4, 0.5) is 0 Å². The molecule has 0 saturated carbocycles.